The van der Waals surface area contributed by atoms with Gasteiger partial charge in [-0.15, -0.1) is 0 Å². The summed E-state index contributed by atoms with van der Waals surface area (Å²) < 4.78 is 0. The van der Waals surface area contributed by atoms with Crippen LogP contribution in [0.1, 0.15) is 35.6 Å². The van der Waals surface area contributed by atoms with Gasteiger partial charge in [-0.25, -0.2) is 9.97 Å². The second-order valence-electron chi connectivity index (χ2n) is 8.00. The number of amides is 3. The van der Waals surface area contributed by atoms with Crippen molar-refractivity contribution in [3.8, 4) is 0 Å². The Morgan fingerprint density at radius 2 is 1.91 bits per heavy atom. The van der Waals surface area contributed by atoms with E-state index in [0.717, 1.165) is 5.56 Å². The molecule has 182 valence electrons. The Labute approximate surface area is 200 Å². The van der Waals surface area contributed by atoms with Crippen molar-refractivity contribution >= 4 is 35.0 Å². The van der Waals surface area contributed by atoms with E-state index in [9.17, 15) is 14.4 Å². The minimum absolute atomic E-state index is 0.0762. The summed E-state index contributed by atoms with van der Waals surface area (Å²) in [4.78, 5) is 48.2. The van der Waals surface area contributed by atoms with Crippen molar-refractivity contribution in [3.05, 3.63) is 53.9 Å². The molecule has 2 aromatic rings. The quantitative estimate of drug-likeness (QED) is 0.428. The molecule has 0 spiro atoms. The number of carbonyl (C=O) groups is 3. The van der Waals surface area contributed by atoms with Crippen molar-refractivity contribution in [2.45, 2.75) is 32.7 Å². The van der Waals surface area contributed by atoms with Crippen LogP contribution in [0, 0.1) is 0 Å². The zero-order valence-corrected chi connectivity index (χ0v) is 20.4. The van der Waals surface area contributed by atoms with Crippen molar-refractivity contribution < 1.29 is 14.4 Å². The maximum absolute atomic E-state index is 12.3. The van der Waals surface area contributed by atoms with E-state index in [1.54, 1.807) is 14.0 Å². The van der Waals surface area contributed by atoms with E-state index in [-0.39, 0.29) is 23.3 Å². The lowest BCUT2D eigenvalue weighted by Gasteiger charge is -2.22. The van der Waals surface area contributed by atoms with E-state index in [2.05, 4.69) is 27.2 Å². The van der Waals surface area contributed by atoms with E-state index >= 15 is 0 Å². The molecule has 0 saturated heterocycles. The average molecular weight is 468 g/mol. The summed E-state index contributed by atoms with van der Waals surface area (Å²) in [7, 11) is 5.27. The molecule has 1 unspecified atom stereocenters. The normalized spacial score (nSPS) is 11.3. The third-order valence-electron chi connectivity index (χ3n) is 5.32. The van der Waals surface area contributed by atoms with Crippen molar-refractivity contribution in [3.63, 3.8) is 0 Å². The highest BCUT2D eigenvalue weighted by Crippen LogP contribution is 2.24. The minimum Gasteiger partial charge on any atom is -0.364 e. The van der Waals surface area contributed by atoms with Gasteiger partial charge in [0.05, 0.1) is 5.69 Å². The van der Waals surface area contributed by atoms with Gasteiger partial charge in [0.15, 0.2) is 17.3 Å². The number of likely N-dealkylation sites (N-methyl/N-ethyl adjacent to an activating group) is 1. The van der Waals surface area contributed by atoms with Gasteiger partial charge < -0.3 is 26.2 Å². The molecule has 0 bridgehead atoms. The molecule has 4 N–H and O–H groups in total. The Kier molecular flexibility index (Phi) is 9.11. The van der Waals surface area contributed by atoms with E-state index < -0.39 is 11.9 Å². The SMILES string of the molecule is C=CC(=O)N(C)C(C)C(=O)NCCc1cccc(Nc2nc(N(C)C)c(CC)nc2C(N)=O)c1. The van der Waals surface area contributed by atoms with Crippen molar-refractivity contribution in [1.29, 1.82) is 0 Å². The monoisotopic (exact) mass is 467 g/mol. The molecular formula is C24H33N7O3. The van der Waals surface area contributed by atoms with Crippen LogP contribution in [0.4, 0.5) is 17.3 Å². The molecule has 1 aromatic carbocycles. The van der Waals surface area contributed by atoms with Crippen LogP contribution in [-0.2, 0) is 22.4 Å². The molecule has 0 aliphatic heterocycles. The largest absolute Gasteiger partial charge is 0.364 e. The molecule has 0 fully saturated rings. The van der Waals surface area contributed by atoms with Crippen LogP contribution < -0.4 is 21.3 Å². The second-order valence-corrected chi connectivity index (χ2v) is 8.00. The number of hydrogen-bond acceptors (Lipinski definition) is 7. The third-order valence-corrected chi connectivity index (χ3v) is 5.32. The first-order chi connectivity index (χ1) is 16.1. The van der Waals surface area contributed by atoms with E-state index in [0.29, 0.717) is 36.6 Å². The Hall–Kier alpha value is -3.95. The average Bonchev–Trinajstić information content (AvgIpc) is 2.82. The lowest BCUT2D eigenvalue weighted by Crippen LogP contribution is -2.45. The Morgan fingerprint density at radius 1 is 1.21 bits per heavy atom. The molecule has 0 radical (unpaired) electrons. The number of aromatic nitrogens is 2. The van der Waals surface area contributed by atoms with Crippen LogP contribution >= 0.6 is 0 Å². The van der Waals surface area contributed by atoms with Gasteiger partial charge in [0.2, 0.25) is 11.8 Å². The van der Waals surface area contributed by atoms with Gasteiger partial charge in [-0.3, -0.25) is 14.4 Å². The lowest BCUT2D eigenvalue weighted by atomic mass is 10.1. The molecule has 3 amide bonds. The first kappa shape index (κ1) is 26.3. The van der Waals surface area contributed by atoms with Gasteiger partial charge in [-0.1, -0.05) is 25.6 Å². The maximum Gasteiger partial charge on any atom is 0.271 e. The second kappa shape index (κ2) is 11.8. The number of carbonyl (C=O) groups excluding carboxylic acids is 3. The molecule has 1 atom stereocenters. The number of nitrogens with zero attached hydrogens (tertiary/aromatic N) is 4. The zero-order valence-electron chi connectivity index (χ0n) is 20.4. The summed E-state index contributed by atoms with van der Waals surface area (Å²) in [5, 5.41) is 5.99. The zero-order chi connectivity index (χ0) is 25.4. The highest BCUT2D eigenvalue weighted by atomic mass is 16.2. The number of aryl methyl sites for hydroxylation is 1. The molecule has 10 heteroatoms. The number of nitrogens with two attached hydrogens (primary N) is 1. The Bertz CT molecular complexity index is 1070. The van der Waals surface area contributed by atoms with Crippen LogP contribution in [0.3, 0.4) is 0 Å². The molecule has 1 aromatic heterocycles. The molecule has 1 heterocycles. The van der Waals surface area contributed by atoms with Crippen LogP contribution in [0.2, 0.25) is 0 Å². The standard InChI is InChI=1S/C24H33N7O3/c1-7-18-23(30(4)5)29-22(20(28-18)21(25)33)27-17-11-9-10-16(14-17)12-13-26-24(34)15(3)31(6)19(32)8-2/h8-11,14-15H,2,7,12-13H2,1,3-6H3,(H2,25,33)(H,26,34)(H,27,29). The number of nitrogens with one attached hydrogen (secondary N) is 2. The van der Waals surface area contributed by atoms with Crippen molar-refractivity contribution in [1.82, 2.24) is 20.2 Å². The summed E-state index contributed by atoms with van der Waals surface area (Å²) in [5.74, 6) is -0.293. The number of anilines is 3. The maximum atomic E-state index is 12.3. The van der Waals surface area contributed by atoms with Crippen molar-refractivity contribution in [2.24, 2.45) is 5.73 Å². The lowest BCUT2D eigenvalue weighted by molar-refractivity contribution is -0.135. The fourth-order valence-corrected chi connectivity index (χ4v) is 3.25. The van der Waals surface area contributed by atoms with Crippen LogP contribution in [0.15, 0.2) is 36.9 Å². The fourth-order valence-electron chi connectivity index (χ4n) is 3.25. The molecule has 2 rings (SSSR count). The van der Waals surface area contributed by atoms with Crippen LogP contribution in [-0.4, -0.2) is 66.3 Å². The molecule has 0 aliphatic rings. The van der Waals surface area contributed by atoms with Gasteiger partial charge >= 0.3 is 0 Å². The molecular weight excluding hydrogens is 434 g/mol. The fraction of sp³-hybridized carbons (Fsp3) is 0.375. The molecule has 34 heavy (non-hydrogen) atoms. The minimum atomic E-state index is -0.664. The molecule has 10 nitrogen and oxygen atoms in total. The number of rotatable bonds is 11. The van der Waals surface area contributed by atoms with Gasteiger partial charge in [0.25, 0.3) is 5.91 Å². The first-order valence-electron chi connectivity index (χ1n) is 11.0. The predicted molar refractivity (Wildman–Crippen MR) is 133 cm³/mol. The molecule has 0 saturated carbocycles. The van der Waals surface area contributed by atoms with E-state index in [4.69, 9.17) is 5.73 Å². The third kappa shape index (κ3) is 6.53. The smallest absolute Gasteiger partial charge is 0.271 e. The Balaban J connectivity index is 2.12. The van der Waals surface area contributed by atoms with Gasteiger partial charge in [-0.2, -0.15) is 0 Å². The van der Waals surface area contributed by atoms with Crippen LogP contribution in [0.5, 0.6) is 0 Å². The summed E-state index contributed by atoms with van der Waals surface area (Å²) in [5.41, 5.74) is 7.98. The topological polar surface area (TPSA) is 134 Å². The molecule has 0 aliphatic carbocycles. The summed E-state index contributed by atoms with van der Waals surface area (Å²) >= 11 is 0. The predicted octanol–water partition coefficient (Wildman–Crippen LogP) is 1.64. The summed E-state index contributed by atoms with van der Waals surface area (Å²) in [6.07, 6.45) is 2.35. The summed E-state index contributed by atoms with van der Waals surface area (Å²) in [6.45, 7) is 7.42. The first-order valence-corrected chi connectivity index (χ1v) is 11.0. The van der Waals surface area contributed by atoms with Gasteiger partial charge in [0, 0.05) is 33.4 Å². The van der Waals surface area contributed by atoms with E-state index in [1.807, 2.05) is 50.2 Å². The van der Waals surface area contributed by atoms with Gasteiger partial charge in [0.1, 0.15) is 6.04 Å². The number of benzene rings is 1. The van der Waals surface area contributed by atoms with Gasteiger partial charge in [-0.05, 0) is 43.5 Å². The van der Waals surface area contributed by atoms with Crippen molar-refractivity contribution in [2.75, 3.05) is 37.9 Å². The Morgan fingerprint density at radius 3 is 2.50 bits per heavy atom. The van der Waals surface area contributed by atoms with E-state index in [1.165, 1.54) is 11.0 Å². The number of hydrogen-bond donors (Lipinski definition) is 3. The number of primary amides is 1. The highest BCUT2D eigenvalue weighted by Gasteiger charge is 2.20. The summed E-state index contributed by atoms with van der Waals surface area (Å²) in [6, 6.07) is 6.93. The highest BCUT2D eigenvalue weighted by molar-refractivity contribution is 5.96. The van der Waals surface area contributed by atoms with Crippen LogP contribution in [0.25, 0.3) is 0 Å².